The molecular formula is C13H23N5O2. The van der Waals surface area contributed by atoms with E-state index in [4.69, 9.17) is 5.11 Å². The van der Waals surface area contributed by atoms with Crippen molar-refractivity contribution in [2.24, 2.45) is 7.05 Å². The first kappa shape index (κ1) is 14.8. The Hall–Kier alpha value is -1.60. The molecule has 112 valence electrons. The van der Waals surface area contributed by atoms with Crippen LogP contribution in [0.5, 0.6) is 0 Å². The number of hydrogen-bond donors (Lipinski definition) is 2. The number of anilines is 1. The number of aliphatic hydroxyl groups is 1. The molecule has 2 N–H and O–H groups in total. The molecule has 0 radical (unpaired) electrons. The first-order valence-electron chi connectivity index (χ1n) is 7.06. The van der Waals surface area contributed by atoms with Gasteiger partial charge in [0.25, 0.3) is 0 Å². The Bertz CT molecular complexity index is 452. The fourth-order valence-corrected chi connectivity index (χ4v) is 2.32. The lowest BCUT2D eigenvalue weighted by atomic mass is 10.3. The van der Waals surface area contributed by atoms with E-state index < -0.39 is 0 Å². The van der Waals surface area contributed by atoms with Crippen molar-refractivity contribution in [2.45, 2.75) is 13.3 Å². The number of carbonyl (C=O) groups excluding carboxylic acids is 1. The zero-order chi connectivity index (χ0) is 14.5. The monoisotopic (exact) mass is 281 g/mol. The topological polar surface area (TPSA) is 73.6 Å². The van der Waals surface area contributed by atoms with Gasteiger partial charge in [0.05, 0.1) is 12.3 Å². The van der Waals surface area contributed by atoms with Gasteiger partial charge in [0.15, 0.2) is 0 Å². The number of nitrogens with zero attached hydrogens (tertiary/aromatic N) is 4. The number of rotatable bonds is 4. The van der Waals surface area contributed by atoms with Gasteiger partial charge >= 0.3 is 6.03 Å². The van der Waals surface area contributed by atoms with Crippen molar-refractivity contribution in [3.63, 3.8) is 0 Å². The largest absolute Gasteiger partial charge is 0.395 e. The van der Waals surface area contributed by atoms with Crippen molar-refractivity contribution < 1.29 is 9.90 Å². The van der Waals surface area contributed by atoms with E-state index in [1.54, 1.807) is 9.58 Å². The fourth-order valence-electron chi connectivity index (χ4n) is 2.32. The van der Waals surface area contributed by atoms with E-state index in [-0.39, 0.29) is 12.6 Å². The van der Waals surface area contributed by atoms with Gasteiger partial charge in [-0.1, -0.05) is 6.92 Å². The van der Waals surface area contributed by atoms with Crippen LogP contribution in [0, 0.1) is 0 Å². The van der Waals surface area contributed by atoms with Crippen LogP contribution in [0.25, 0.3) is 0 Å². The number of aryl methyl sites for hydroxylation is 2. The minimum absolute atomic E-state index is 0.0840. The molecule has 1 aliphatic rings. The van der Waals surface area contributed by atoms with Crippen molar-refractivity contribution in [1.82, 2.24) is 19.6 Å². The molecule has 2 rings (SSSR count). The van der Waals surface area contributed by atoms with Crippen molar-refractivity contribution in [1.29, 1.82) is 0 Å². The third-order valence-corrected chi connectivity index (χ3v) is 3.60. The third kappa shape index (κ3) is 3.49. The molecule has 1 saturated heterocycles. The predicted octanol–water partition coefficient (Wildman–Crippen LogP) is 0.124. The summed E-state index contributed by atoms with van der Waals surface area (Å²) >= 11 is 0. The number of carbonyl (C=O) groups is 1. The minimum atomic E-state index is -0.0840. The zero-order valence-electron chi connectivity index (χ0n) is 12.2. The maximum Gasteiger partial charge on any atom is 0.323 e. The second kappa shape index (κ2) is 6.71. The molecule has 0 bridgehead atoms. The molecule has 7 nitrogen and oxygen atoms in total. The lowest BCUT2D eigenvalue weighted by Gasteiger charge is -2.34. The third-order valence-electron chi connectivity index (χ3n) is 3.60. The Balaban J connectivity index is 1.87. The number of aliphatic hydroxyl groups excluding tert-OH is 1. The number of aromatic nitrogens is 2. The molecule has 0 aromatic carbocycles. The lowest BCUT2D eigenvalue weighted by molar-refractivity contribution is 0.127. The molecule has 0 unspecified atom stereocenters. The lowest BCUT2D eigenvalue weighted by Crippen LogP contribution is -2.50. The average molecular weight is 281 g/mol. The summed E-state index contributed by atoms with van der Waals surface area (Å²) in [4.78, 5) is 16.1. The van der Waals surface area contributed by atoms with Crippen LogP contribution in [0.4, 0.5) is 10.6 Å². The normalized spacial score (nSPS) is 16.4. The van der Waals surface area contributed by atoms with Crippen LogP contribution < -0.4 is 5.32 Å². The number of β-amino-alcohol motifs (C(OH)–C–C–N with tert-alkyl or cyclic N) is 1. The maximum absolute atomic E-state index is 12.2. The Labute approximate surface area is 119 Å². The number of amides is 2. The summed E-state index contributed by atoms with van der Waals surface area (Å²) in [6.45, 7) is 5.86. The molecule has 1 aromatic heterocycles. The number of urea groups is 1. The predicted molar refractivity (Wildman–Crippen MR) is 76.7 cm³/mol. The molecular weight excluding hydrogens is 258 g/mol. The molecule has 0 spiro atoms. The highest BCUT2D eigenvalue weighted by atomic mass is 16.3. The molecule has 0 saturated carbocycles. The molecule has 20 heavy (non-hydrogen) atoms. The summed E-state index contributed by atoms with van der Waals surface area (Å²) in [5, 5.41) is 16.1. The summed E-state index contributed by atoms with van der Waals surface area (Å²) in [7, 11) is 1.83. The number of nitrogens with one attached hydrogen (secondary N) is 1. The summed E-state index contributed by atoms with van der Waals surface area (Å²) in [5.41, 5.74) is 0.968. The van der Waals surface area contributed by atoms with Crippen LogP contribution in [0.3, 0.4) is 0 Å². The molecule has 1 aliphatic heterocycles. The van der Waals surface area contributed by atoms with Crippen molar-refractivity contribution in [3.8, 4) is 0 Å². The second-order valence-electron chi connectivity index (χ2n) is 4.98. The Morgan fingerprint density at radius 2 is 2.10 bits per heavy atom. The number of hydrogen-bond acceptors (Lipinski definition) is 4. The zero-order valence-corrected chi connectivity index (χ0v) is 12.2. The van der Waals surface area contributed by atoms with Crippen molar-refractivity contribution in [2.75, 3.05) is 44.6 Å². The molecule has 0 atom stereocenters. The van der Waals surface area contributed by atoms with Gasteiger partial charge in [0.1, 0.15) is 5.82 Å². The summed E-state index contributed by atoms with van der Waals surface area (Å²) < 4.78 is 1.69. The minimum Gasteiger partial charge on any atom is -0.395 e. The second-order valence-corrected chi connectivity index (χ2v) is 4.98. The van der Waals surface area contributed by atoms with E-state index in [2.05, 4.69) is 15.3 Å². The highest BCUT2D eigenvalue weighted by Gasteiger charge is 2.21. The maximum atomic E-state index is 12.2. The van der Waals surface area contributed by atoms with Gasteiger partial charge in [0.2, 0.25) is 0 Å². The van der Waals surface area contributed by atoms with E-state index in [0.717, 1.165) is 31.0 Å². The van der Waals surface area contributed by atoms with Crippen molar-refractivity contribution >= 4 is 11.8 Å². The highest BCUT2D eigenvalue weighted by molar-refractivity contribution is 5.88. The van der Waals surface area contributed by atoms with E-state index in [9.17, 15) is 4.79 Å². The quantitative estimate of drug-likeness (QED) is 0.822. The van der Waals surface area contributed by atoms with E-state index >= 15 is 0 Å². The van der Waals surface area contributed by atoms with Gasteiger partial charge < -0.3 is 10.0 Å². The highest BCUT2D eigenvalue weighted by Crippen LogP contribution is 2.11. The van der Waals surface area contributed by atoms with Gasteiger partial charge in [-0.3, -0.25) is 14.9 Å². The fraction of sp³-hybridized carbons (Fsp3) is 0.692. The number of piperazine rings is 1. The Morgan fingerprint density at radius 3 is 2.65 bits per heavy atom. The van der Waals surface area contributed by atoms with Gasteiger partial charge in [0, 0.05) is 45.8 Å². The summed E-state index contributed by atoms with van der Waals surface area (Å²) in [6.07, 6.45) is 0.851. The van der Waals surface area contributed by atoms with Gasteiger partial charge in [-0.15, -0.1) is 0 Å². The smallest absolute Gasteiger partial charge is 0.323 e. The Morgan fingerprint density at radius 1 is 1.40 bits per heavy atom. The van der Waals surface area contributed by atoms with E-state index in [0.29, 0.717) is 19.6 Å². The van der Waals surface area contributed by atoms with Crippen LogP contribution >= 0.6 is 0 Å². The van der Waals surface area contributed by atoms with Gasteiger partial charge in [-0.05, 0) is 6.42 Å². The first-order chi connectivity index (χ1) is 9.63. The van der Waals surface area contributed by atoms with Crippen LogP contribution in [0.1, 0.15) is 12.6 Å². The summed E-state index contributed by atoms with van der Waals surface area (Å²) in [6, 6.07) is 1.82. The molecule has 7 heteroatoms. The molecule has 0 aliphatic carbocycles. The van der Waals surface area contributed by atoms with Crippen LogP contribution in [0.15, 0.2) is 6.07 Å². The molecule has 1 fully saturated rings. The summed E-state index contributed by atoms with van der Waals surface area (Å²) in [5.74, 6) is 0.727. The molecule has 2 amide bonds. The standard InChI is InChI=1S/C13H23N5O2/c1-3-11-10-12(16(2)15-11)14-13(20)18-6-4-17(5-7-18)8-9-19/h10,19H,3-9H2,1-2H3,(H,14,20). The van der Waals surface area contributed by atoms with E-state index in [1.165, 1.54) is 0 Å². The van der Waals surface area contributed by atoms with E-state index in [1.807, 2.05) is 20.0 Å². The van der Waals surface area contributed by atoms with Crippen LogP contribution in [0.2, 0.25) is 0 Å². The average Bonchev–Trinajstić information content (AvgIpc) is 2.80. The van der Waals surface area contributed by atoms with Gasteiger partial charge in [-0.25, -0.2) is 4.79 Å². The van der Waals surface area contributed by atoms with Crippen LogP contribution in [-0.2, 0) is 13.5 Å². The molecule has 2 heterocycles. The first-order valence-corrected chi connectivity index (χ1v) is 7.06. The SMILES string of the molecule is CCc1cc(NC(=O)N2CCN(CCO)CC2)n(C)n1. The van der Waals surface area contributed by atoms with Gasteiger partial charge in [-0.2, -0.15) is 5.10 Å². The van der Waals surface area contributed by atoms with Crippen molar-refractivity contribution in [3.05, 3.63) is 11.8 Å². The molecule has 1 aromatic rings. The van der Waals surface area contributed by atoms with Crippen LogP contribution in [-0.4, -0.2) is 70.0 Å². The Kier molecular flexibility index (Phi) is 4.97.